The van der Waals surface area contributed by atoms with E-state index in [9.17, 15) is 13.2 Å². The van der Waals surface area contributed by atoms with E-state index in [0.29, 0.717) is 28.6 Å². The number of aromatic nitrogens is 1. The Balaban J connectivity index is 2.22. The number of hydrogen-bond donors (Lipinski definition) is 1. The van der Waals surface area contributed by atoms with Crippen LogP contribution in [-0.2, 0) is 4.43 Å². The van der Waals surface area contributed by atoms with E-state index in [0.717, 1.165) is 18.1 Å². The zero-order valence-electron chi connectivity index (χ0n) is 18.2. The molecule has 0 radical (unpaired) electrons. The molecule has 1 aromatic rings. The van der Waals surface area contributed by atoms with Gasteiger partial charge in [-0.05, 0) is 43.8 Å². The van der Waals surface area contributed by atoms with Gasteiger partial charge in [0.05, 0.1) is 21.6 Å². The summed E-state index contributed by atoms with van der Waals surface area (Å²) in [5.41, 5.74) is -0.863. The van der Waals surface area contributed by atoms with E-state index in [1.165, 1.54) is 12.4 Å². The first kappa shape index (κ1) is 25.9. The maximum absolute atomic E-state index is 13.4. The quantitative estimate of drug-likeness (QED) is 0.310. The molecular weight excluding hydrogens is 452 g/mol. The zero-order valence-corrected chi connectivity index (χ0v) is 20.7. The summed E-state index contributed by atoms with van der Waals surface area (Å²) in [6, 6.07) is 2.60. The fraction of sp³-hybridized carbons (Fsp3) is 0.762. The van der Waals surface area contributed by atoms with Crippen molar-refractivity contribution in [3.8, 4) is 0 Å². The SMILES string of the molecule is CCC(CC1(C(F)(F)F)CC1)NCC(O[Si](CC)(CC)CC)c1c(Cl)cncc1Cl. The van der Waals surface area contributed by atoms with Crippen LogP contribution in [0.3, 0.4) is 0 Å². The largest absolute Gasteiger partial charge is 0.409 e. The first-order valence-electron chi connectivity index (χ1n) is 10.8. The van der Waals surface area contributed by atoms with E-state index in [1.807, 2.05) is 6.92 Å². The Morgan fingerprint density at radius 2 is 1.63 bits per heavy atom. The van der Waals surface area contributed by atoms with Crippen LogP contribution in [0.2, 0.25) is 28.2 Å². The van der Waals surface area contributed by atoms with Gasteiger partial charge >= 0.3 is 6.18 Å². The second-order valence-electron chi connectivity index (χ2n) is 8.36. The minimum atomic E-state index is -4.15. The van der Waals surface area contributed by atoms with Crippen molar-refractivity contribution in [2.75, 3.05) is 6.54 Å². The highest BCUT2D eigenvalue weighted by Gasteiger charge is 2.63. The second kappa shape index (κ2) is 10.5. The van der Waals surface area contributed by atoms with Crippen LogP contribution < -0.4 is 5.32 Å². The number of nitrogens with zero attached hydrogens (tertiary/aromatic N) is 1. The van der Waals surface area contributed by atoms with Crippen LogP contribution in [0.15, 0.2) is 12.4 Å². The monoisotopic (exact) mass is 484 g/mol. The van der Waals surface area contributed by atoms with Crippen LogP contribution in [0.5, 0.6) is 0 Å². The molecule has 2 atom stereocenters. The summed E-state index contributed by atoms with van der Waals surface area (Å²) in [4.78, 5) is 4.03. The molecule has 1 aliphatic rings. The van der Waals surface area contributed by atoms with Gasteiger partial charge in [0.2, 0.25) is 0 Å². The van der Waals surface area contributed by atoms with Gasteiger partial charge in [0.25, 0.3) is 0 Å². The molecule has 1 aromatic heterocycles. The topological polar surface area (TPSA) is 34.1 Å². The van der Waals surface area contributed by atoms with Crippen molar-refractivity contribution < 1.29 is 17.6 Å². The molecule has 30 heavy (non-hydrogen) atoms. The lowest BCUT2D eigenvalue weighted by Crippen LogP contribution is -2.43. The lowest BCUT2D eigenvalue weighted by atomic mass is 9.94. The molecule has 0 aliphatic heterocycles. The summed E-state index contributed by atoms with van der Waals surface area (Å²) < 4.78 is 47.0. The van der Waals surface area contributed by atoms with Gasteiger partial charge in [-0.1, -0.05) is 50.9 Å². The molecule has 9 heteroatoms. The first-order chi connectivity index (χ1) is 14.1. The molecule has 2 unspecified atom stereocenters. The molecular formula is C21H33Cl2F3N2OSi. The smallest absolute Gasteiger partial charge is 0.394 e. The molecule has 0 amide bonds. The van der Waals surface area contributed by atoms with Gasteiger partial charge in [-0.25, -0.2) is 0 Å². The third kappa shape index (κ3) is 5.91. The Hall–Kier alpha value is -0.343. The molecule has 1 fully saturated rings. The molecule has 1 N–H and O–H groups in total. The first-order valence-corrected chi connectivity index (χ1v) is 14.1. The highest BCUT2D eigenvalue weighted by atomic mass is 35.5. The third-order valence-corrected chi connectivity index (χ3v) is 12.0. The molecule has 0 saturated heterocycles. The van der Waals surface area contributed by atoms with Crippen LogP contribution in [0.25, 0.3) is 0 Å². The summed E-state index contributed by atoms with van der Waals surface area (Å²) >= 11 is 12.8. The Morgan fingerprint density at radius 3 is 2.03 bits per heavy atom. The summed E-state index contributed by atoms with van der Waals surface area (Å²) in [6.45, 7) is 8.68. The Morgan fingerprint density at radius 1 is 1.10 bits per heavy atom. The van der Waals surface area contributed by atoms with E-state index in [2.05, 4.69) is 31.1 Å². The number of hydrogen-bond acceptors (Lipinski definition) is 3. The van der Waals surface area contributed by atoms with E-state index < -0.39 is 26.0 Å². The maximum Gasteiger partial charge on any atom is 0.394 e. The molecule has 0 bridgehead atoms. The summed E-state index contributed by atoms with van der Waals surface area (Å²) in [7, 11) is -2.01. The Bertz CT molecular complexity index is 669. The molecule has 1 heterocycles. The van der Waals surface area contributed by atoms with Crippen molar-refractivity contribution in [1.82, 2.24) is 10.3 Å². The van der Waals surface area contributed by atoms with Crippen molar-refractivity contribution in [2.24, 2.45) is 5.41 Å². The predicted molar refractivity (Wildman–Crippen MR) is 120 cm³/mol. The number of halogens is 5. The second-order valence-corrected chi connectivity index (χ2v) is 13.9. The van der Waals surface area contributed by atoms with E-state index in [4.69, 9.17) is 27.6 Å². The van der Waals surface area contributed by atoms with Crippen LogP contribution in [0.1, 0.15) is 65.0 Å². The minimum absolute atomic E-state index is 0.0927. The van der Waals surface area contributed by atoms with Crippen LogP contribution in [0.4, 0.5) is 13.2 Å². The molecule has 0 spiro atoms. The van der Waals surface area contributed by atoms with Gasteiger partial charge in [0, 0.05) is 30.5 Å². The summed E-state index contributed by atoms with van der Waals surface area (Å²) in [5, 5.41) is 4.18. The summed E-state index contributed by atoms with van der Waals surface area (Å²) in [5.74, 6) is 0. The molecule has 2 rings (SSSR count). The van der Waals surface area contributed by atoms with Gasteiger partial charge in [-0.2, -0.15) is 13.2 Å². The number of rotatable bonds is 12. The average Bonchev–Trinajstić information content (AvgIpc) is 3.49. The average molecular weight is 485 g/mol. The highest BCUT2D eigenvalue weighted by Crippen LogP contribution is 2.60. The molecule has 0 aromatic carbocycles. The van der Waals surface area contributed by atoms with E-state index >= 15 is 0 Å². The van der Waals surface area contributed by atoms with Crippen LogP contribution >= 0.6 is 23.2 Å². The highest BCUT2D eigenvalue weighted by molar-refractivity contribution is 6.73. The van der Waals surface area contributed by atoms with Crippen molar-refractivity contribution in [2.45, 2.75) is 89.8 Å². The molecule has 172 valence electrons. The number of nitrogens with one attached hydrogen (secondary N) is 1. The predicted octanol–water partition coefficient (Wildman–Crippen LogP) is 7.55. The normalized spacial score (nSPS) is 18.3. The number of alkyl halides is 3. The van der Waals surface area contributed by atoms with E-state index in [1.54, 1.807) is 0 Å². The zero-order chi connectivity index (χ0) is 22.6. The molecule has 3 nitrogen and oxygen atoms in total. The fourth-order valence-corrected chi connectivity index (χ4v) is 7.51. The van der Waals surface area contributed by atoms with Gasteiger partial charge in [-0.3, -0.25) is 4.98 Å². The standard InChI is InChI=1S/C21H33Cl2F3N2OSi/c1-5-15(11-20(9-10-20)21(24,25)26)28-14-18(29-30(6-2,7-3)8-4)19-16(22)12-27-13-17(19)23/h12-13,15,18,28H,5-11,14H2,1-4H3. The van der Waals surface area contributed by atoms with Crippen molar-refractivity contribution in [1.29, 1.82) is 0 Å². The summed E-state index contributed by atoms with van der Waals surface area (Å²) in [6.07, 6.45) is -0.365. The van der Waals surface area contributed by atoms with Crippen LogP contribution in [-0.4, -0.2) is 32.1 Å². The molecule has 1 saturated carbocycles. The Kier molecular flexibility index (Phi) is 9.08. The minimum Gasteiger partial charge on any atom is -0.409 e. The van der Waals surface area contributed by atoms with E-state index in [-0.39, 0.29) is 25.3 Å². The lowest BCUT2D eigenvalue weighted by molar-refractivity contribution is -0.190. The van der Waals surface area contributed by atoms with Crippen molar-refractivity contribution in [3.05, 3.63) is 28.0 Å². The fourth-order valence-electron chi connectivity index (χ4n) is 4.09. The Labute approximate surface area is 189 Å². The van der Waals surface area contributed by atoms with Crippen LogP contribution in [0, 0.1) is 5.41 Å². The third-order valence-electron chi connectivity index (χ3n) is 6.71. The maximum atomic E-state index is 13.4. The lowest BCUT2D eigenvalue weighted by Gasteiger charge is -2.35. The van der Waals surface area contributed by atoms with Crippen molar-refractivity contribution in [3.63, 3.8) is 0 Å². The van der Waals surface area contributed by atoms with Crippen molar-refractivity contribution >= 4 is 31.5 Å². The number of pyridine rings is 1. The van der Waals surface area contributed by atoms with Gasteiger partial charge < -0.3 is 9.74 Å². The van der Waals surface area contributed by atoms with Gasteiger partial charge in [0.1, 0.15) is 0 Å². The molecule has 1 aliphatic carbocycles. The van der Waals surface area contributed by atoms with Gasteiger partial charge in [0.15, 0.2) is 8.32 Å². The van der Waals surface area contributed by atoms with Gasteiger partial charge in [-0.15, -0.1) is 0 Å².